The first kappa shape index (κ1) is 23.0. The number of amides is 2. The van der Waals surface area contributed by atoms with Crippen molar-refractivity contribution in [2.75, 3.05) is 18.6 Å². The lowest BCUT2D eigenvalue weighted by atomic mass is 10.1. The van der Waals surface area contributed by atoms with Crippen LogP contribution in [0.1, 0.15) is 33.2 Å². The van der Waals surface area contributed by atoms with Crippen LogP contribution >= 0.6 is 12.2 Å². The molecule has 6 nitrogen and oxygen atoms in total. The number of benzene rings is 3. The van der Waals surface area contributed by atoms with Gasteiger partial charge < -0.3 is 15.0 Å². The van der Waals surface area contributed by atoms with Gasteiger partial charge in [-0.1, -0.05) is 54.6 Å². The minimum atomic E-state index is -0.378. The zero-order valence-electron chi connectivity index (χ0n) is 18.0. The lowest BCUT2D eigenvalue weighted by Gasteiger charge is -2.23. The molecule has 2 amide bonds. The molecular weight excluding hydrogens is 422 g/mol. The number of nitrogens with one attached hydrogen (secondary N) is 2. The van der Waals surface area contributed by atoms with Gasteiger partial charge in [0.25, 0.3) is 11.8 Å². The second-order valence-electron chi connectivity index (χ2n) is 6.93. The third kappa shape index (κ3) is 5.70. The summed E-state index contributed by atoms with van der Waals surface area (Å²) in [5.74, 6) is -0.123. The fourth-order valence-corrected chi connectivity index (χ4v) is 3.32. The highest BCUT2D eigenvalue weighted by Gasteiger charge is 2.19. The van der Waals surface area contributed by atoms with Gasteiger partial charge in [-0.25, -0.2) is 0 Å². The summed E-state index contributed by atoms with van der Waals surface area (Å²) in [5.41, 5.74) is 2.43. The average Bonchev–Trinajstić information content (AvgIpc) is 2.83. The lowest BCUT2D eigenvalue weighted by Crippen LogP contribution is -2.41. The number of carbonyl (C=O) groups is 2. The number of nitrogens with zero attached hydrogens (tertiary/aromatic N) is 1. The predicted octanol–water partition coefficient (Wildman–Crippen LogP) is 4.17. The molecule has 0 radical (unpaired) electrons. The summed E-state index contributed by atoms with van der Waals surface area (Å²) < 4.78 is 5.53. The maximum Gasteiger partial charge on any atom is 0.261 e. The standard InChI is InChI=1S/C25H25N3O3S/c1-3-31-22-16-10-8-14-20(22)24(30)27-25(32)28(2)21-15-9-7-13-19(21)23(29)26-17-18-11-5-4-6-12-18/h4-16H,3,17H2,1-2H3,(H,26,29)(H,27,30,32). The first-order valence-corrected chi connectivity index (χ1v) is 10.6. The van der Waals surface area contributed by atoms with Gasteiger partial charge in [-0.2, -0.15) is 0 Å². The molecule has 164 valence electrons. The van der Waals surface area contributed by atoms with Crippen LogP contribution in [-0.4, -0.2) is 30.6 Å². The van der Waals surface area contributed by atoms with Gasteiger partial charge in [0.2, 0.25) is 0 Å². The van der Waals surface area contributed by atoms with E-state index in [0.29, 0.717) is 35.7 Å². The summed E-state index contributed by atoms with van der Waals surface area (Å²) in [7, 11) is 1.71. The molecule has 7 heteroatoms. The molecular formula is C25H25N3O3S. The van der Waals surface area contributed by atoms with E-state index < -0.39 is 0 Å². The molecule has 0 aliphatic rings. The molecule has 0 aromatic heterocycles. The lowest BCUT2D eigenvalue weighted by molar-refractivity contribution is 0.0949. The Labute approximate surface area is 193 Å². The van der Waals surface area contributed by atoms with Crippen molar-refractivity contribution in [1.29, 1.82) is 0 Å². The summed E-state index contributed by atoms with van der Waals surface area (Å²) in [6.45, 7) is 2.71. The molecule has 32 heavy (non-hydrogen) atoms. The molecule has 0 aliphatic heterocycles. The van der Waals surface area contributed by atoms with Gasteiger partial charge in [-0.05, 0) is 49.0 Å². The monoisotopic (exact) mass is 447 g/mol. The van der Waals surface area contributed by atoms with Crippen LogP contribution < -0.4 is 20.3 Å². The van der Waals surface area contributed by atoms with Crippen molar-refractivity contribution in [1.82, 2.24) is 10.6 Å². The van der Waals surface area contributed by atoms with Gasteiger partial charge in [0.05, 0.1) is 23.4 Å². The summed E-state index contributed by atoms with van der Waals surface area (Å²) >= 11 is 5.45. The van der Waals surface area contributed by atoms with Crippen molar-refractivity contribution < 1.29 is 14.3 Å². The number of para-hydroxylation sites is 2. The number of anilines is 1. The van der Waals surface area contributed by atoms with E-state index in [1.54, 1.807) is 54.4 Å². The van der Waals surface area contributed by atoms with Crippen LogP contribution in [0.25, 0.3) is 0 Å². The van der Waals surface area contributed by atoms with Crippen LogP contribution in [0.15, 0.2) is 78.9 Å². The average molecular weight is 448 g/mol. The molecule has 0 heterocycles. The second kappa shape index (κ2) is 11.1. The Morgan fingerprint density at radius 3 is 2.22 bits per heavy atom. The van der Waals surface area contributed by atoms with Crippen molar-refractivity contribution in [3.05, 3.63) is 95.6 Å². The molecule has 0 atom stereocenters. The van der Waals surface area contributed by atoms with Crippen molar-refractivity contribution in [2.45, 2.75) is 13.5 Å². The van der Waals surface area contributed by atoms with E-state index in [1.165, 1.54) is 0 Å². The van der Waals surface area contributed by atoms with Crippen LogP contribution in [0.5, 0.6) is 5.75 Å². The van der Waals surface area contributed by atoms with Gasteiger partial charge in [-0.3, -0.25) is 14.9 Å². The topological polar surface area (TPSA) is 70.7 Å². The number of carbonyl (C=O) groups excluding carboxylic acids is 2. The van der Waals surface area contributed by atoms with E-state index in [4.69, 9.17) is 17.0 Å². The fraction of sp³-hybridized carbons (Fsp3) is 0.160. The van der Waals surface area contributed by atoms with E-state index >= 15 is 0 Å². The number of thiocarbonyl (C=S) groups is 1. The van der Waals surface area contributed by atoms with E-state index in [1.807, 2.05) is 43.3 Å². The molecule has 0 saturated heterocycles. The van der Waals surface area contributed by atoms with E-state index in [2.05, 4.69) is 10.6 Å². The second-order valence-corrected chi connectivity index (χ2v) is 7.32. The van der Waals surface area contributed by atoms with E-state index in [-0.39, 0.29) is 16.9 Å². The Morgan fingerprint density at radius 1 is 0.875 bits per heavy atom. The highest BCUT2D eigenvalue weighted by atomic mass is 32.1. The third-order valence-corrected chi connectivity index (χ3v) is 5.14. The number of hydrogen-bond acceptors (Lipinski definition) is 4. The van der Waals surface area contributed by atoms with Crippen molar-refractivity contribution in [3.63, 3.8) is 0 Å². The molecule has 0 aliphatic carbocycles. The highest BCUT2D eigenvalue weighted by Crippen LogP contribution is 2.21. The minimum Gasteiger partial charge on any atom is -0.493 e. The van der Waals surface area contributed by atoms with Gasteiger partial charge in [0, 0.05) is 13.6 Å². The summed E-state index contributed by atoms with van der Waals surface area (Å²) in [4.78, 5) is 27.2. The van der Waals surface area contributed by atoms with E-state index in [0.717, 1.165) is 5.56 Å². The maximum atomic E-state index is 12.8. The summed E-state index contributed by atoms with van der Waals surface area (Å²) in [6, 6.07) is 23.7. The predicted molar refractivity (Wildman–Crippen MR) is 130 cm³/mol. The zero-order valence-corrected chi connectivity index (χ0v) is 18.8. The number of ether oxygens (including phenoxy) is 1. The van der Waals surface area contributed by atoms with Crippen molar-refractivity contribution in [2.24, 2.45) is 0 Å². The Bertz CT molecular complexity index is 1100. The Kier molecular flexibility index (Phi) is 7.94. The molecule has 0 bridgehead atoms. The Balaban J connectivity index is 1.72. The van der Waals surface area contributed by atoms with Gasteiger partial charge in [0.15, 0.2) is 5.11 Å². The summed E-state index contributed by atoms with van der Waals surface area (Å²) in [6.07, 6.45) is 0. The molecule has 0 fully saturated rings. The molecule has 0 unspecified atom stereocenters. The SMILES string of the molecule is CCOc1ccccc1C(=O)NC(=S)N(C)c1ccccc1C(=O)NCc1ccccc1. The first-order chi connectivity index (χ1) is 15.5. The van der Waals surface area contributed by atoms with Crippen LogP contribution in [0, 0.1) is 0 Å². The van der Waals surface area contributed by atoms with Crippen LogP contribution in [0.3, 0.4) is 0 Å². The maximum absolute atomic E-state index is 12.8. The fourth-order valence-electron chi connectivity index (χ4n) is 3.12. The van der Waals surface area contributed by atoms with Crippen LogP contribution in [-0.2, 0) is 6.54 Å². The molecule has 0 spiro atoms. The Hall–Kier alpha value is -3.71. The van der Waals surface area contributed by atoms with Crippen molar-refractivity contribution >= 4 is 34.8 Å². The molecule has 2 N–H and O–H groups in total. The first-order valence-electron chi connectivity index (χ1n) is 10.2. The normalized spacial score (nSPS) is 10.2. The van der Waals surface area contributed by atoms with Gasteiger partial charge in [-0.15, -0.1) is 0 Å². The largest absolute Gasteiger partial charge is 0.493 e. The van der Waals surface area contributed by atoms with Crippen LogP contribution in [0.4, 0.5) is 5.69 Å². The highest BCUT2D eigenvalue weighted by molar-refractivity contribution is 7.80. The quantitative estimate of drug-likeness (QED) is 0.532. The van der Waals surface area contributed by atoms with Crippen LogP contribution in [0.2, 0.25) is 0 Å². The minimum absolute atomic E-state index is 0.171. The molecule has 0 saturated carbocycles. The third-order valence-electron chi connectivity index (χ3n) is 4.76. The number of rotatable bonds is 7. The van der Waals surface area contributed by atoms with Crippen molar-refractivity contribution in [3.8, 4) is 5.75 Å². The Morgan fingerprint density at radius 2 is 1.50 bits per heavy atom. The van der Waals surface area contributed by atoms with Gasteiger partial charge in [0.1, 0.15) is 5.75 Å². The van der Waals surface area contributed by atoms with Gasteiger partial charge >= 0.3 is 0 Å². The molecule has 3 aromatic carbocycles. The summed E-state index contributed by atoms with van der Waals surface area (Å²) in [5, 5.41) is 5.82. The molecule has 3 aromatic rings. The molecule has 3 rings (SSSR count). The van der Waals surface area contributed by atoms with E-state index in [9.17, 15) is 9.59 Å². The smallest absolute Gasteiger partial charge is 0.261 e. The zero-order chi connectivity index (χ0) is 22.9. The number of hydrogen-bond donors (Lipinski definition) is 2.